The molecule has 2 aliphatic heterocycles. The summed E-state index contributed by atoms with van der Waals surface area (Å²) in [6.07, 6.45) is 7.60. The summed E-state index contributed by atoms with van der Waals surface area (Å²) in [6.45, 7) is 31.1. The van der Waals surface area contributed by atoms with Crippen molar-refractivity contribution in [3.8, 4) is 33.8 Å². The van der Waals surface area contributed by atoms with Gasteiger partial charge in [0.05, 0.1) is 45.8 Å². The number of halogens is 2. The van der Waals surface area contributed by atoms with Gasteiger partial charge >= 0.3 is 11.9 Å². The normalized spacial score (nSPS) is 14.6. The SMILES string of the molecule is CCOC(=O)C[C@H](CC(=O)C(CC(C)C)n1cc(CCN2CCC2)c(C)cc1=O)c1cc(-c2c(C)ccc(OC)c2C)cc(C)c1F.COc1ccc(C)c(-c2cc(C)c(F)c([C@H](CC(=O)O)CC(=O)C(CC(C)C)n3cc(CCN4CCC4)c(C)cc3=O)c2)c1C. The first kappa shape index (κ1) is 71.9. The quantitative estimate of drug-likeness (QED) is 0.0442. The molecule has 4 atom stereocenters. The summed E-state index contributed by atoms with van der Waals surface area (Å²) in [7, 11) is 3.21. The van der Waals surface area contributed by atoms with Gasteiger partial charge in [0.25, 0.3) is 11.1 Å². The Labute approximate surface area is 543 Å². The zero-order valence-corrected chi connectivity index (χ0v) is 57.1. The number of aryl methyl sites for hydroxylation is 6. The van der Waals surface area contributed by atoms with Crippen LogP contribution in [0.5, 0.6) is 11.5 Å². The monoisotopic (exact) mass is 1260 g/mol. The van der Waals surface area contributed by atoms with Crippen molar-refractivity contribution < 1.29 is 47.3 Å². The van der Waals surface area contributed by atoms with Gasteiger partial charge in [0, 0.05) is 62.3 Å². The number of carbonyl (C=O) groups is 4. The van der Waals surface area contributed by atoms with Gasteiger partial charge in [0.15, 0.2) is 11.6 Å². The van der Waals surface area contributed by atoms with Crippen LogP contribution in [-0.2, 0) is 36.8 Å². The van der Waals surface area contributed by atoms with E-state index in [1.165, 1.54) is 17.4 Å². The Kier molecular flexibility index (Phi) is 25.3. The highest BCUT2D eigenvalue weighted by Crippen LogP contribution is 2.41. The molecule has 6 aromatic rings. The summed E-state index contributed by atoms with van der Waals surface area (Å²) in [6, 6.07) is 16.4. The molecule has 496 valence electrons. The van der Waals surface area contributed by atoms with Crippen molar-refractivity contribution in [2.75, 3.05) is 60.1 Å². The van der Waals surface area contributed by atoms with Crippen LogP contribution >= 0.6 is 0 Å². The van der Waals surface area contributed by atoms with E-state index in [-0.39, 0.29) is 71.5 Å². The molecule has 0 spiro atoms. The lowest BCUT2D eigenvalue weighted by molar-refractivity contribution is -0.144. The third-order valence-electron chi connectivity index (χ3n) is 18.6. The van der Waals surface area contributed by atoms with Gasteiger partial charge in [-0.1, -0.05) is 39.8 Å². The van der Waals surface area contributed by atoms with Gasteiger partial charge in [0.2, 0.25) is 0 Å². The van der Waals surface area contributed by atoms with Crippen molar-refractivity contribution in [3.05, 3.63) is 172 Å². The molecule has 2 unspecified atom stereocenters. The van der Waals surface area contributed by atoms with E-state index in [0.717, 1.165) is 125 Å². The fraction of sp³-hybridized carbons (Fsp3) is 0.500. The third kappa shape index (κ3) is 17.8. The Balaban J connectivity index is 0.000000261. The summed E-state index contributed by atoms with van der Waals surface area (Å²) in [5, 5.41) is 9.89. The molecule has 92 heavy (non-hydrogen) atoms. The molecule has 0 aliphatic carbocycles. The number of hydrogen-bond donors (Lipinski definition) is 1. The van der Waals surface area contributed by atoms with Crippen LogP contribution in [0.15, 0.2) is 82.6 Å². The lowest BCUT2D eigenvalue weighted by Crippen LogP contribution is -2.38. The van der Waals surface area contributed by atoms with Crippen LogP contribution < -0.4 is 20.6 Å². The second kappa shape index (κ2) is 32.3. The zero-order chi connectivity index (χ0) is 67.4. The van der Waals surface area contributed by atoms with Gasteiger partial charge in [-0.3, -0.25) is 28.8 Å². The number of carboxylic acid groups (broad SMARTS) is 1. The minimum atomic E-state index is -1.12. The highest BCUT2D eigenvalue weighted by atomic mass is 19.1. The highest BCUT2D eigenvalue weighted by molar-refractivity contribution is 5.86. The van der Waals surface area contributed by atoms with Crippen LogP contribution in [0, 0.1) is 78.9 Å². The molecule has 0 saturated carbocycles. The fourth-order valence-corrected chi connectivity index (χ4v) is 13.3. The number of likely N-dealkylation sites (tertiary alicyclic amines) is 2. The first-order valence-corrected chi connectivity index (χ1v) is 32.8. The maximum atomic E-state index is 16.1. The second-order valence-corrected chi connectivity index (χ2v) is 26.5. The van der Waals surface area contributed by atoms with Gasteiger partial charge in [-0.05, 0) is 264 Å². The molecular weight excluding hydrogens is 1170 g/mol. The van der Waals surface area contributed by atoms with Gasteiger partial charge in [-0.25, -0.2) is 8.78 Å². The van der Waals surface area contributed by atoms with E-state index in [1.54, 1.807) is 76.0 Å². The van der Waals surface area contributed by atoms with Crippen LogP contribution in [0.1, 0.15) is 177 Å². The highest BCUT2D eigenvalue weighted by Gasteiger charge is 2.33. The lowest BCUT2D eigenvalue weighted by atomic mass is 9.83. The van der Waals surface area contributed by atoms with Gasteiger partial charge in [0.1, 0.15) is 23.1 Å². The predicted octanol–water partition coefficient (Wildman–Crippen LogP) is 14.4. The summed E-state index contributed by atoms with van der Waals surface area (Å²) < 4.78 is 51.5. The molecular formula is C76H98F2N4O10. The number of benzene rings is 4. The minimum absolute atomic E-state index is 0.0935. The number of rotatable bonds is 29. The van der Waals surface area contributed by atoms with E-state index in [2.05, 4.69) is 9.80 Å². The molecule has 2 aliphatic rings. The largest absolute Gasteiger partial charge is 0.496 e. The van der Waals surface area contributed by atoms with Gasteiger partial charge in [-0.2, -0.15) is 0 Å². The number of Topliss-reactive ketones (excluding diaryl/α,β-unsaturated/α-hetero) is 2. The summed E-state index contributed by atoms with van der Waals surface area (Å²) in [5.41, 5.74) is 11.7. The zero-order valence-electron chi connectivity index (χ0n) is 57.1. The number of hydrogen-bond acceptors (Lipinski definition) is 11. The summed E-state index contributed by atoms with van der Waals surface area (Å²) in [5.74, 6) is -3.13. The Morgan fingerprint density at radius 3 is 1.26 bits per heavy atom. The average molecular weight is 1270 g/mol. The van der Waals surface area contributed by atoms with Crippen LogP contribution in [0.2, 0.25) is 0 Å². The fourth-order valence-electron chi connectivity index (χ4n) is 13.3. The molecule has 14 nitrogen and oxygen atoms in total. The number of methoxy groups -OCH3 is 2. The van der Waals surface area contributed by atoms with E-state index >= 15 is 8.78 Å². The van der Waals surface area contributed by atoms with Gasteiger partial charge in [-0.15, -0.1) is 0 Å². The smallest absolute Gasteiger partial charge is 0.306 e. The number of aromatic nitrogens is 2. The number of aliphatic carboxylic acids is 1. The van der Waals surface area contributed by atoms with E-state index in [1.807, 2.05) is 106 Å². The molecule has 1 N–H and O–H groups in total. The first-order chi connectivity index (χ1) is 43.6. The topological polar surface area (TPSA) is 167 Å². The van der Waals surface area contributed by atoms with Crippen molar-refractivity contribution in [2.45, 2.75) is 178 Å². The molecule has 0 bridgehead atoms. The molecule has 4 heterocycles. The van der Waals surface area contributed by atoms with Crippen molar-refractivity contribution >= 4 is 23.5 Å². The predicted molar refractivity (Wildman–Crippen MR) is 361 cm³/mol. The van der Waals surface area contributed by atoms with Crippen molar-refractivity contribution in [2.24, 2.45) is 11.8 Å². The number of pyridine rings is 2. The Bertz CT molecular complexity index is 3760. The molecule has 16 heteroatoms. The lowest BCUT2D eigenvalue weighted by Gasteiger charge is -2.31. The van der Waals surface area contributed by atoms with Crippen molar-refractivity contribution in [1.29, 1.82) is 0 Å². The molecule has 2 fully saturated rings. The van der Waals surface area contributed by atoms with Crippen LogP contribution in [0.25, 0.3) is 22.3 Å². The third-order valence-corrected chi connectivity index (χ3v) is 18.6. The summed E-state index contributed by atoms with van der Waals surface area (Å²) in [4.78, 5) is 85.0. The number of carbonyl (C=O) groups excluding carboxylic acids is 3. The molecule has 4 aromatic carbocycles. The van der Waals surface area contributed by atoms with Gasteiger partial charge < -0.3 is 38.3 Å². The summed E-state index contributed by atoms with van der Waals surface area (Å²) >= 11 is 0. The molecule has 2 aromatic heterocycles. The van der Waals surface area contributed by atoms with Crippen LogP contribution in [0.4, 0.5) is 8.78 Å². The van der Waals surface area contributed by atoms with E-state index in [9.17, 15) is 33.9 Å². The molecule has 0 radical (unpaired) electrons. The van der Waals surface area contributed by atoms with E-state index in [4.69, 9.17) is 14.2 Å². The maximum Gasteiger partial charge on any atom is 0.306 e. The van der Waals surface area contributed by atoms with Crippen LogP contribution in [-0.4, -0.2) is 108 Å². The minimum Gasteiger partial charge on any atom is -0.496 e. The first-order valence-electron chi connectivity index (χ1n) is 32.8. The van der Waals surface area contributed by atoms with E-state index in [0.29, 0.717) is 29.7 Å². The number of nitrogens with zero attached hydrogens (tertiary/aromatic N) is 4. The number of ether oxygens (including phenoxy) is 3. The van der Waals surface area contributed by atoms with E-state index < -0.39 is 53.9 Å². The average Bonchev–Trinajstić information content (AvgIpc) is 0.799. The standard InChI is InChI=1S/C39H51FN2O5.C37H47FN2O5/c1-9-47-37(45)22-30(32-20-31(18-27(6)39(32)40)38-25(4)11-12-35(46-8)28(38)7)21-34(43)33(17-24(2)3)42-23-29(26(5)19-36(42)44)13-16-41-14-10-15-41;1-22(2)15-31(40-21-27(24(4)17-34(40)42)11-14-39-12-8-13-39)32(41)19-28(20-35(43)44)30-18-29(16-25(5)37(30)38)36-23(3)9-10-33(45-7)26(36)6/h11-12,18-20,23-24,30,33H,9-10,13-17,21-22H2,1-8H3;9-10,16-18,21-22,28,31H,8,11-15,19-20H2,1-7H3,(H,43,44)/t30-,33?;28-,31?/m00/s1. The Morgan fingerprint density at radius 1 is 0.533 bits per heavy atom. The Morgan fingerprint density at radius 2 is 0.924 bits per heavy atom. The number of carboxylic acids is 1. The molecule has 8 rings (SSSR count). The second-order valence-electron chi connectivity index (χ2n) is 26.5. The van der Waals surface area contributed by atoms with Crippen molar-refractivity contribution in [3.63, 3.8) is 0 Å². The number of ketones is 2. The number of esters is 1. The molecule has 0 amide bonds. The molecule has 2 saturated heterocycles. The van der Waals surface area contributed by atoms with Crippen LogP contribution in [0.3, 0.4) is 0 Å². The maximum absolute atomic E-state index is 16.1. The van der Waals surface area contributed by atoms with Crippen molar-refractivity contribution in [1.82, 2.24) is 18.9 Å². The Hall–Kier alpha value is -7.56.